The summed E-state index contributed by atoms with van der Waals surface area (Å²) >= 11 is -1.67. The second-order valence-electron chi connectivity index (χ2n) is 1.76. The predicted octanol–water partition coefficient (Wildman–Crippen LogP) is -0.651. The van der Waals surface area contributed by atoms with Gasteiger partial charge in [-0.2, -0.15) is 0 Å². The van der Waals surface area contributed by atoms with Crippen LogP contribution in [0.5, 0.6) is 0 Å². The van der Waals surface area contributed by atoms with Gasteiger partial charge in [-0.05, 0) is 6.42 Å². The average Bonchev–Trinajstić information content (AvgIpc) is 2.12. The van der Waals surface area contributed by atoms with Crippen molar-refractivity contribution in [3.05, 3.63) is 0 Å². The molecule has 1 fully saturated rings. The average molecular weight is 160 g/mol. The van der Waals surface area contributed by atoms with E-state index in [1.807, 2.05) is 0 Å². The third-order valence-electron chi connectivity index (χ3n) is 1.17. The Hall–Kier alpha value is 1.07. The Morgan fingerprint density at radius 1 is 1.67 bits per heavy atom. The Morgan fingerprint density at radius 3 is 2.56 bits per heavy atom. The summed E-state index contributed by atoms with van der Waals surface area (Å²) in [6, 6.07) is 0. The summed E-state index contributed by atoms with van der Waals surface area (Å²) < 4.78 is 23.5. The van der Waals surface area contributed by atoms with Gasteiger partial charge in [-0.25, -0.2) is 4.21 Å². The fourth-order valence-corrected chi connectivity index (χ4v) is 1.18. The summed E-state index contributed by atoms with van der Waals surface area (Å²) in [6.07, 6.45) is 0.725. The molecule has 0 saturated carbocycles. The molecule has 1 aliphatic heterocycles. The first-order valence-corrected chi connectivity index (χ1v) is 3.65. The van der Waals surface area contributed by atoms with Gasteiger partial charge in [0.15, 0.2) is 11.1 Å². The molecule has 0 amide bonds. The first-order chi connectivity index (χ1) is 3.80. The van der Waals surface area contributed by atoms with Crippen molar-refractivity contribution in [1.82, 2.24) is 0 Å². The Bertz CT molecular complexity index is 102. The van der Waals surface area contributed by atoms with Crippen molar-refractivity contribution in [3.8, 4) is 0 Å². The van der Waals surface area contributed by atoms with Gasteiger partial charge in [-0.1, -0.05) is 0 Å². The quantitative estimate of drug-likeness (QED) is 0.409. The molecule has 2 unspecified atom stereocenters. The molecule has 1 heterocycles. The van der Waals surface area contributed by atoms with E-state index in [-0.39, 0.29) is 34.8 Å². The van der Waals surface area contributed by atoms with Crippen molar-refractivity contribution in [2.24, 2.45) is 0 Å². The van der Waals surface area contributed by atoms with Crippen molar-refractivity contribution in [2.45, 2.75) is 11.7 Å². The van der Waals surface area contributed by atoms with Crippen LogP contribution in [0, 0.1) is 0 Å². The van der Waals surface area contributed by atoms with Crippen LogP contribution >= 0.6 is 0 Å². The van der Waals surface area contributed by atoms with Gasteiger partial charge in [0.1, 0.15) is 0 Å². The predicted molar refractivity (Wildman–Crippen MR) is 37.1 cm³/mol. The van der Waals surface area contributed by atoms with Crippen LogP contribution in [0.25, 0.3) is 0 Å². The molecule has 3 nitrogen and oxygen atoms in total. The van der Waals surface area contributed by atoms with Crippen LogP contribution in [-0.2, 0) is 15.8 Å². The summed E-state index contributed by atoms with van der Waals surface area (Å²) in [4.78, 5) is 0. The summed E-state index contributed by atoms with van der Waals surface area (Å²) in [6.45, 7) is 1.08. The fourth-order valence-electron chi connectivity index (χ4n) is 0.672. The monoisotopic (exact) mass is 160 g/mol. The van der Waals surface area contributed by atoms with E-state index in [9.17, 15) is 4.21 Å². The standard InChI is InChI=1S/C4H8O3S.Na.H/c5-8(6)4-1-2-7-3-4;;/h4H,1-3H2,(H,5,6);;. The number of ether oxygens (including phenoxy) is 1. The molecule has 2 atom stereocenters. The van der Waals surface area contributed by atoms with Crippen molar-refractivity contribution in [1.29, 1.82) is 0 Å². The number of rotatable bonds is 1. The molecule has 9 heavy (non-hydrogen) atoms. The fraction of sp³-hybridized carbons (Fsp3) is 1.00. The zero-order valence-corrected chi connectivity index (χ0v) is 5.19. The van der Waals surface area contributed by atoms with Gasteiger partial charge < -0.3 is 9.29 Å². The van der Waals surface area contributed by atoms with Crippen LogP contribution in [0.15, 0.2) is 0 Å². The second-order valence-corrected chi connectivity index (χ2v) is 2.98. The van der Waals surface area contributed by atoms with Gasteiger partial charge in [-0.15, -0.1) is 0 Å². The Labute approximate surface area is 78.7 Å². The molecule has 1 aliphatic rings. The maximum atomic E-state index is 10.2. The molecule has 0 aromatic carbocycles. The summed E-state index contributed by atoms with van der Waals surface area (Å²) in [5, 5.41) is -0.130. The van der Waals surface area contributed by atoms with Crippen LogP contribution in [0.1, 0.15) is 6.42 Å². The molecule has 0 radical (unpaired) electrons. The zero-order chi connectivity index (χ0) is 5.98. The van der Waals surface area contributed by atoms with Gasteiger partial charge in [0.05, 0.1) is 11.9 Å². The van der Waals surface area contributed by atoms with E-state index in [0.717, 1.165) is 6.42 Å². The topological polar surface area (TPSA) is 46.5 Å². The number of hydrogen-bond donors (Lipinski definition) is 1. The molecule has 0 aromatic heterocycles. The van der Waals surface area contributed by atoms with Crippen molar-refractivity contribution < 1.29 is 13.5 Å². The van der Waals surface area contributed by atoms with Crippen molar-refractivity contribution >= 4 is 40.6 Å². The molecule has 0 spiro atoms. The normalized spacial score (nSPS) is 29.2. The molecular formula is C4H9NaO3S. The molecule has 1 N–H and O–H groups in total. The molecule has 0 aliphatic carbocycles. The second kappa shape index (κ2) is 4.82. The van der Waals surface area contributed by atoms with E-state index in [0.29, 0.717) is 13.2 Å². The van der Waals surface area contributed by atoms with Crippen LogP contribution < -0.4 is 0 Å². The molecule has 1 saturated heterocycles. The third-order valence-corrected chi connectivity index (χ3v) is 2.12. The molecule has 0 bridgehead atoms. The molecule has 50 valence electrons. The van der Waals surface area contributed by atoms with E-state index >= 15 is 0 Å². The van der Waals surface area contributed by atoms with Gasteiger partial charge >= 0.3 is 29.6 Å². The van der Waals surface area contributed by atoms with Crippen LogP contribution in [-0.4, -0.2) is 56.8 Å². The molecule has 5 heteroatoms. The van der Waals surface area contributed by atoms with E-state index in [1.165, 1.54) is 0 Å². The SMILES string of the molecule is O=S(O)C1CCOC1.[NaH]. The summed E-state index contributed by atoms with van der Waals surface area (Å²) in [5.41, 5.74) is 0. The van der Waals surface area contributed by atoms with Crippen LogP contribution in [0.3, 0.4) is 0 Å². The van der Waals surface area contributed by atoms with Crippen LogP contribution in [0.2, 0.25) is 0 Å². The maximum absolute atomic E-state index is 10.2. The Balaban J connectivity index is 0.000000640. The van der Waals surface area contributed by atoms with Gasteiger partial charge in [-0.3, -0.25) is 0 Å². The Morgan fingerprint density at radius 2 is 2.33 bits per heavy atom. The molecular weight excluding hydrogens is 151 g/mol. The van der Waals surface area contributed by atoms with Crippen LogP contribution in [0.4, 0.5) is 0 Å². The molecule has 1 rings (SSSR count). The summed E-state index contributed by atoms with van der Waals surface area (Å²) in [7, 11) is 0. The van der Waals surface area contributed by atoms with Gasteiger partial charge in [0.25, 0.3) is 0 Å². The van der Waals surface area contributed by atoms with Gasteiger partial charge in [0, 0.05) is 6.61 Å². The van der Waals surface area contributed by atoms with Gasteiger partial charge in [0.2, 0.25) is 0 Å². The number of hydrogen-bond acceptors (Lipinski definition) is 2. The van der Waals surface area contributed by atoms with Crippen molar-refractivity contribution in [2.75, 3.05) is 13.2 Å². The summed E-state index contributed by atoms with van der Waals surface area (Å²) in [5.74, 6) is 0. The zero-order valence-electron chi connectivity index (χ0n) is 4.37. The van der Waals surface area contributed by atoms with E-state index in [1.54, 1.807) is 0 Å². The minimum absolute atomic E-state index is 0. The first kappa shape index (κ1) is 10.1. The molecule has 0 aromatic rings. The minimum atomic E-state index is -1.67. The van der Waals surface area contributed by atoms with E-state index in [2.05, 4.69) is 0 Å². The van der Waals surface area contributed by atoms with E-state index < -0.39 is 11.1 Å². The van der Waals surface area contributed by atoms with Crippen molar-refractivity contribution in [3.63, 3.8) is 0 Å². The first-order valence-electron chi connectivity index (χ1n) is 2.48. The van der Waals surface area contributed by atoms with E-state index in [4.69, 9.17) is 9.29 Å². The third kappa shape index (κ3) is 3.11. The Kier molecular flexibility index (Phi) is 5.39.